The van der Waals surface area contributed by atoms with Gasteiger partial charge in [0.05, 0.1) is 7.11 Å². The molecule has 150 valence electrons. The van der Waals surface area contributed by atoms with Crippen LogP contribution in [0.1, 0.15) is 42.7 Å². The van der Waals surface area contributed by atoms with E-state index in [0.29, 0.717) is 24.9 Å². The van der Waals surface area contributed by atoms with Crippen molar-refractivity contribution in [1.29, 1.82) is 0 Å². The van der Waals surface area contributed by atoms with E-state index in [1.807, 2.05) is 31.2 Å². The quantitative estimate of drug-likeness (QED) is 0.744. The molecule has 0 radical (unpaired) electrons. The molecular weight excluding hydrogens is 363 g/mol. The van der Waals surface area contributed by atoms with Crippen LogP contribution < -0.4 is 10.5 Å². The van der Waals surface area contributed by atoms with Crippen LogP contribution in [0.5, 0.6) is 17.2 Å². The van der Waals surface area contributed by atoms with Crippen LogP contribution in [-0.2, 0) is 0 Å². The number of phenolic OH excluding ortho intramolecular Hbond substituents is 2. The molecule has 1 fully saturated rings. The van der Waals surface area contributed by atoms with Crippen molar-refractivity contribution >= 4 is 6.03 Å². The fourth-order valence-electron chi connectivity index (χ4n) is 4.05. The Balaban J connectivity index is 1.89. The molecule has 6 nitrogen and oxygen atoms in total. The van der Waals surface area contributed by atoms with Crippen molar-refractivity contribution < 1.29 is 24.1 Å². The highest BCUT2D eigenvalue weighted by Crippen LogP contribution is 2.41. The molecule has 1 aliphatic rings. The number of nitrogens with zero attached hydrogens (tertiary/aromatic N) is 1. The first-order valence-corrected chi connectivity index (χ1v) is 9.23. The summed E-state index contributed by atoms with van der Waals surface area (Å²) >= 11 is 0. The fourth-order valence-corrected chi connectivity index (χ4v) is 4.05. The lowest BCUT2D eigenvalue weighted by molar-refractivity contribution is 0.137. The number of nitrogens with two attached hydrogens (primary N) is 1. The lowest BCUT2D eigenvalue weighted by atomic mass is 9.79. The highest BCUT2D eigenvalue weighted by molar-refractivity contribution is 5.72. The van der Waals surface area contributed by atoms with Gasteiger partial charge in [0, 0.05) is 30.1 Å². The summed E-state index contributed by atoms with van der Waals surface area (Å²) in [6, 6.07) is 9.11. The molecule has 0 spiro atoms. The van der Waals surface area contributed by atoms with Crippen molar-refractivity contribution in [3.8, 4) is 17.2 Å². The predicted octanol–water partition coefficient (Wildman–Crippen LogP) is 3.68. The summed E-state index contributed by atoms with van der Waals surface area (Å²) in [7, 11) is 1.60. The molecule has 2 aromatic carbocycles. The average Bonchev–Trinajstić information content (AvgIpc) is 2.69. The van der Waals surface area contributed by atoms with E-state index in [2.05, 4.69) is 0 Å². The second kappa shape index (κ2) is 7.96. The van der Waals surface area contributed by atoms with Gasteiger partial charge in [0.1, 0.15) is 11.5 Å². The molecule has 0 bridgehead atoms. The minimum Gasteiger partial charge on any atom is -0.508 e. The number of urea groups is 1. The number of carbonyl (C=O) groups is 1. The molecule has 4 N–H and O–H groups in total. The van der Waals surface area contributed by atoms with Crippen LogP contribution in [0, 0.1) is 5.82 Å². The number of halogens is 1. The predicted molar refractivity (Wildman–Crippen MR) is 103 cm³/mol. The van der Waals surface area contributed by atoms with Crippen molar-refractivity contribution in [3.05, 3.63) is 53.3 Å². The summed E-state index contributed by atoms with van der Waals surface area (Å²) < 4.78 is 19.0. The summed E-state index contributed by atoms with van der Waals surface area (Å²) in [5.41, 5.74) is 7.06. The number of piperidine rings is 1. The zero-order valence-corrected chi connectivity index (χ0v) is 15.9. The third-order valence-corrected chi connectivity index (χ3v) is 5.68. The molecule has 7 heteroatoms. The maximum Gasteiger partial charge on any atom is 0.315 e. The normalized spacial score (nSPS) is 20.6. The summed E-state index contributed by atoms with van der Waals surface area (Å²) in [5, 5.41) is 19.7. The van der Waals surface area contributed by atoms with Gasteiger partial charge in [-0.1, -0.05) is 19.1 Å². The van der Waals surface area contributed by atoms with Gasteiger partial charge >= 0.3 is 6.03 Å². The van der Waals surface area contributed by atoms with Gasteiger partial charge < -0.3 is 25.6 Å². The molecule has 1 heterocycles. The second-order valence-electron chi connectivity index (χ2n) is 7.24. The molecular formula is C21H25FN2O4. The number of carbonyl (C=O) groups excluding carboxylic acids is 1. The number of rotatable bonds is 4. The zero-order valence-electron chi connectivity index (χ0n) is 15.9. The van der Waals surface area contributed by atoms with Crippen LogP contribution in [0.15, 0.2) is 36.4 Å². The number of primary amides is 1. The average molecular weight is 388 g/mol. The van der Waals surface area contributed by atoms with Gasteiger partial charge in [-0.25, -0.2) is 9.18 Å². The Morgan fingerprint density at radius 2 is 1.93 bits per heavy atom. The van der Waals surface area contributed by atoms with Crippen LogP contribution in [0.3, 0.4) is 0 Å². The molecule has 28 heavy (non-hydrogen) atoms. The van der Waals surface area contributed by atoms with Gasteiger partial charge in [-0.15, -0.1) is 0 Å². The first-order chi connectivity index (χ1) is 13.3. The molecule has 2 unspecified atom stereocenters. The number of likely N-dealkylation sites (tertiary alicyclic amines) is 1. The standard InChI is InChI=1S/C21H25FN2O4/c1-12(13-3-5-15(28-2)6-4-13)18-9-14(7-8-24(18)21(23)27)16-10-17(22)20(26)11-19(16)25/h3-6,10-12,14,18,25-26H,7-9H2,1-2H3,(H2,23,27)/t12-,14?,18?/m0/s1. The number of hydrogen-bond acceptors (Lipinski definition) is 4. The minimum absolute atomic E-state index is 0.0229. The number of ether oxygens (including phenoxy) is 1. The highest BCUT2D eigenvalue weighted by atomic mass is 19.1. The van der Waals surface area contributed by atoms with E-state index < -0.39 is 17.6 Å². The van der Waals surface area contributed by atoms with Crippen molar-refractivity contribution in [1.82, 2.24) is 4.90 Å². The van der Waals surface area contributed by atoms with Crippen LogP contribution >= 0.6 is 0 Å². The fraction of sp³-hybridized carbons (Fsp3) is 0.381. The Morgan fingerprint density at radius 1 is 1.25 bits per heavy atom. The third kappa shape index (κ3) is 3.83. The van der Waals surface area contributed by atoms with E-state index >= 15 is 0 Å². The largest absolute Gasteiger partial charge is 0.508 e. The molecule has 0 saturated carbocycles. The van der Waals surface area contributed by atoms with Gasteiger partial charge in [0.2, 0.25) is 0 Å². The van der Waals surface area contributed by atoms with Crippen molar-refractivity contribution in [2.75, 3.05) is 13.7 Å². The first-order valence-electron chi connectivity index (χ1n) is 9.23. The minimum atomic E-state index is -0.773. The lowest BCUT2D eigenvalue weighted by Gasteiger charge is -2.42. The molecule has 1 aliphatic heterocycles. The topological polar surface area (TPSA) is 96.0 Å². The van der Waals surface area contributed by atoms with Gasteiger partial charge in [-0.2, -0.15) is 0 Å². The third-order valence-electron chi connectivity index (χ3n) is 5.68. The van der Waals surface area contributed by atoms with Crippen LogP contribution in [0.4, 0.5) is 9.18 Å². The van der Waals surface area contributed by atoms with E-state index in [4.69, 9.17) is 10.5 Å². The van der Waals surface area contributed by atoms with Crippen LogP contribution in [0.2, 0.25) is 0 Å². The van der Waals surface area contributed by atoms with Gasteiger partial charge in [0.25, 0.3) is 0 Å². The molecule has 1 saturated heterocycles. The number of phenols is 2. The molecule has 3 rings (SSSR count). The highest BCUT2D eigenvalue weighted by Gasteiger charge is 2.36. The SMILES string of the molecule is COc1ccc([C@H](C)C2CC(c3cc(F)c(O)cc3O)CCN2C(N)=O)cc1. The Hall–Kier alpha value is -2.96. The molecule has 3 atom stereocenters. The monoisotopic (exact) mass is 388 g/mol. The number of benzene rings is 2. The Kier molecular flexibility index (Phi) is 5.63. The number of amides is 2. The second-order valence-corrected chi connectivity index (χ2v) is 7.24. The summed E-state index contributed by atoms with van der Waals surface area (Å²) in [6.45, 7) is 2.43. The maximum absolute atomic E-state index is 13.9. The molecule has 2 aromatic rings. The van der Waals surface area contributed by atoms with E-state index in [9.17, 15) is 19.4 Å². The van der Waals surface area contributed by atoms with Gasteiger partial charge in [-0.05, 0) is 42.5 Å². The van der Waals surface area contributed by atoms with E-state index in [1.54, 1.807) is 12.0 Å². The Bertz CT molecular complexity index is 856. The molecule has 0 aromatic heterocycles. The molecule has 2 amide bonds. The van der Waals surface area contributed by atoms with Crippen molar-refractivity contribution in [2.24, 2.45) is 5.73 Å². The van der Waals surface area contributed by atoms with E-state index in [-0.39, 0.29) is 23.6 Å². The van der Waals surface area contributed by atoms with Gasteiger partial charge in [0.15, 0.2) is 11.6 Å². The lowest BCUT2D eigenvalue weighted by Crippen LogP contribution is -2.50. The van der Waals surface area contributed by atoms with Crippen LogP contribution in [0.25, 0.3) is 0 Å². The van der Waals surface area contributed by atoms with Crippen molar-refractivity contribution in [3.63, 3.8) is 0 Å². The maximum atomic E-state index is 13.9. The zero-order chi connectivity index (χ0) is 20.4. The van der Waals surface area contributed by atoms with E-state index in [0.717, 1.165) is 17.4 Å². The first kappa shape index (κ1) is 19.8. The summed E-state index contributed by atoms with van der Waals surface area (Å²) in [4.78, 5) is 13.6. The summed E-state index contributed by atoms with van der Waals surface area (Å²) in [5.74, 6) is -0.938. The number of aromatic hydroxyl groups is 2. The van der Waals surface area contributed by atoms with Crippen molar-refractivity contribution in [2.45, 2.75) is 37.6 Å². The molecule has 0 aliphatic carbocycles. The van der Waals surface area contributed by atoms with E-state index in [1.165, 1.54) is 6.07 Å². The number of hydrogen-bond donors (Lipinski definition) is 3. The number of methoxy groups -OCH3 is 1. The Morgan fingerprint density at radius 3 is 2.54 bits per heavy atom. The van der Waals surface area contributed by atoms with Gasteiger partial charge in [-0.3, -0.25) is 0 Å². The smallest absolute Gasteiger partial charge is 0.315 e. The summed E-state index contributed by atoms with van der Waals surface area (Å²) in [6.07, 6.45) is 1.07. The van der Waals surface area contributed by atoms with Crippen LogP contribution in [-0.4, -0.2) is 40.8 Å². The Labute approximate surface area is 163 Å².